The second kappa shape index (κ2) is 12.5. The second-order valence-electron chi connectivity index (χ2n) is 21.0. The number of nitrogens with zero attached hydrogens (tertiary/aromatic N) is 2. The minimum Gasteiger partial charge on any atom is -0.457 e. The third-order valence-electron chi connectivity index (χ3n) is 16.3. The molecule has 8 aliphatic rings. The van der Waals surface area contributed by atoms with Crippen molar-refractivity contribution in [2.75, 3.05) is 32.8 Å². The van der Waals surface area contributed by atoms with Gasteiger partial charge >= 0.3 is 12.1 Å². The van der Waals surface area contributed by atoms with Gasteiger partial charge in [0.1, 0.15) is 5.60 Å². The first-order valence-electron chi connectivity index (χ1n) is 20.8. The molecule has 3 aliphatic heterocycles. The smallest absolute Gasteiger partial charge is 0.410 e. The summed E-state index contributed by atoms with van der Waals surface area (Å²) in [6.07, 6.45) is 11.0. The van der Waals surface area contributed by atoms with E-state index < -0.39 is 17.3 Å². The molecule has 1 amide bonds. The molecule has 0 aromatic heterocycles. The number of fused-ring (bicyclic) bond motifs is 4. The number of carbonyl (C=O) groups is 2. The van der Waals surface area contributed by atoms with Crippen molar-refractivity contribution < 1.29 is 38.4 Å². The van der Waals surface area contributed by atoms with E-state index in [4.69, 9.17) is 23.7 Å². The maximum absolute atomic E-state index is 12.5. The summed E-state index contributed by atoms with van der Waals surface area (Å²) in [5.74, 6) is 2.25. The van der Waals surface area contributed by atoms with Gasteiger partial charge in [0.25, 0.3) is 0 Å². The van der Waals surface area contributed by atoms with Gasteiger partial charge in [0.2, 0.25) is 0 Å². The topological polar surface area (TPSA) is 107 Å². The number of rotatable bonds is 6. The van der Waals surface area contributed by atoms with Crippen molar-refractivity contribution in [2.24, 2.45) is 45.3 Å². The Balaban J connectivity index is 0.904. The van der Waals surface area contributed by atoms with E-state index >= 15 is 0 Å². The Bertz CT molecular complexity index is 1400. The molecule has 52 heavy (non-hydrogen) atoms. The molecular formula is C42H68N2O8. The molecule has 10 nitrogen and oxygen atoms in total. The highest BCUT2D eigenvalue weighted by Gasteiger charge is 2.80. The van der Waals surface area contributed by atoms with Crippen LogP contribution in [0.3, 0.4) is 0 Å². The monoisotopic (exact) mass is 728 g/mol. The van der Waals surface area contributed by atoms with Gasteiger partial charge in [0, 0.05) is 32.6 Å². The first kappa shape index (κ1) is 37.5. The fraction of sp³-hybridized carbons (Fsp3) is 0.952. The van der Waals surface area contributed by atoms with Crippen LogP contribution in [-0.4, -0.2) is 108 Å². The summed E-state index contributed by atoms with van der Waals surface area (Å²) >= 11 is 0. The van der Waals surface area contributed by atoms with Crippen LogP contribution in [0, 0.1) is 45.3 Å². The van der Waals surface area contributed by atoms with Crippen molar-refractivity contribution in [2.45, 2.75) is 174 Å². The molecule has 0 aromatic rings. The number of morpholine rings is 1. The van der Waals surface area contributed by atoms with Gasteiger partial charge in [-0.1, -0.05) is 20.8 Å². The maximum atomic E-state index is 12.5. The number of ether oxygens (including phenoxy) is 5. The molecular weight excluding hydrogens is 660 g/mol. The fourth-order valence-corrected chi connectivity index (χ4v) is 14.0. The van der Waals surface area contributed by atoms with Crippen LogP contribution in [0.2, 0.25) is 0 Å². The van der Waals surface area contributed by atoms with Crippen LogP contribution in [0.4, 0.5) is 4.79 Å². The number of amides is 1. The SMILES string of the molecule is CC(=O)O[C@@H](C1CCC2C(CC3C4CCC5C(C)(C)[C@@H](OC6CN(C7CN(C(=O)OC(C)(C)C)C7)CCO6)CCC56C[C@@]46CCC23C)O1)C(C)(C)O. The summed E-state index contributed by atoms with van der Waals surface area (Å²) in [6.45, 7) is 21.9. The molecule has 294 valence electrons. The Morgan fingerprint density at radius 2 is 1.62 bits per heavy atom. The average molecular weight is 729 g/mol. The zero-order chi connectivity index (χ0) is 37.2. The Morgan fingerprint density at radius 1 is 0.885 bits per heavy atom. The van der Waals surface area contributed by atoms with Crippen LogP contribution >= 0.6 is 0 Å². The zero-order valence-electron chi connectivity index (χ0n) is 33.6. The summed E-state index contributed by atoms with van der Waals surface area (Å²) in [5.41, 5.74) is -0.389. The summed E-state index contributed by atoms with van der Waals surface area (Å²) in [5, 5.41) is 10.9. The number of likely N-dealkylation sites (tertiary alicyclic amines) is 1. The number of hydrogen-bond acceptors (Lipinski definition) is 9. The van der Waals surface area contributed by atoms with Gasteiger partial charge in [0.15, 0.2) is 12.4 Å². The Hall–Kier alpha value is -1.46. The van der Waals surface area contributed by atoms with Crippen LogP contribution in [0.15, 0.2) is 0 Å². The van der Waals surface area contributed by atoms with E-state index in [1.807, 2.05) is 25.7 Å². The molecule has 8 fully saturated rings. The van der Waals surface area contributed by atoms with Crippen molar-refractivity contribution in [3.63, 3.8) is 0 Å². The number of hydrogen-bond donors (Lipinski definition) is 1. The summed E-state index contributed by atoms with van der Waals surface area (Å²) < 4.78 is 31.4. The van der Waals surface area contributed by atoms with E-state index in [0.717, 1.165) is 44.7 Å². The van der Waals surface area contributed by atoms with Gasteiger partial charge in [-0.15, -0.1) is 0 Å². The Labute approximate surface area is 312 Å². The standard InChI is InChI=1S/C42H68N2O8/c1-25(45)49-35(39(7,8)47)30-12-10-28-31(50-30)20-29-27-11-13-32-38(5,6)33(14-15-42(32)24-41(27,42)17-16-40(28,29)9)51-34-23-43(18-19-48-34)26-21-44(22-26)36(46)52-37(2,3)4/h26-35,47H,10-24H2,1-9H3/t27?,28?,29?,30?,31?,32?,33-,34?,35-,40?,41-,42?/m0/s1. The highest BCUT2D eigenvalue weighted by Crippen LogP contribution is 2.87. The Kier molecular flexibility index (Phi) is 9.02. The zero-order valence-corrected chi connectivity index (χ0v) is 33.6. The van der Waals surface area contributed by atoms with Gasteiger partial charge in [-0.2, -0.15) is 0 Å². The van der Waals surface area contributed by atoms with Crippen molar-refractivity contribution in [1.82, 2.24) is 9.80 Å². The van der Waals surface area contributed by atoms with Crippen molar-refractivity contribution in [3.8, 4) is 0 Å². The number of carbonyl (C=O) groups excluding carboxylic acids is 2. The van der Waals surface area contributed by atoms with Gasteiger partial charge < -0.3 is 33.7 Å². The van der Waals surface area contributed by atoms with E-state index in [-0.39, 0.29) is 47.5 Å². The predicted octanol–water partition coefficient (Wildman–Crippen LogP) is 6.56. The lowest BCUT2D eigenvalue weighted by atomic mass is 9.46. The molecule has 9 unspecified atom stereocenters. The number of esters is 1. The van der Waals surface area contributed by atoms with E-state index in [1.54, 1.807) is 13.8 Å². The van der Waals surface area contributed by atoms with Crippen LogP contribution in [-0.2, 0) is 28.5 Å². The lowest BCUT2D eigenvalue weighted by molar-refractivity contribution is -0.250. The second-order valence-corrected chi connectivity index (χ2v) is 21.0. The van der Waals surface area contributed by atoms with Crippen LogP contribution in [0.1, 0.15) is 127 Å². The summed E-state index contributed by atoms with van der Waals surface area (Å²) in [6, 6.07) is 0.330. The van der Waals surface area contributed by atoms with Crippen LogP contribution in [0.5, 0.6) is 0 Å². The van der Waals surface area contributed by atoms with Gasteiger partial charge in [-0.3, -0.25) is 9.69 Å². The van der Waals surface area contributed by atoms with Gasteiger partial charge in [-0.25, -0.2) is 4.79 Å². The summed E-state index contributed by atoms with van der Waals surface area (Å²) in [4.78, 5) is 28.8. The Morgan fingerprint density at radius 3 is 2.31 bits per heavy atom. The molecule has 5 saturated carbocycles. The van der Waals surface area contributed by atoms with Crippen molar-refractivity contribution in [3.05, 3.63) is 0 Å². The molecule has 3 saturated heterocycles. The normalized spacial score (nSPS) is 44.9. The lowest BCUT2D eigenvalue weighted by Gasteiger charge is -2.60. The lowest BCUT2D eigenvalue weighted by Crippen LogP contribution is -2.64. The summed E-state index contributed by atoms with van der Waals surface area (Å²) in [7, 11) is 0. The minimum absolute atomic E-state index is 0.0753. The van der Waals surface area contributed by atoms with Crippen LogP contribution < -0.4 is 0 Å². The maximum Gasteiger partial charge on any atom is 0.410 e. The van der Waals surface area contributed by atoms with Crippen molar-refractivity contribution >= 4 is 12.1 Å². The van der Waals surface area contributed by atoms with E-state index in [1.165, 1.54) is 45.4 Å². The average Bonchev–Trinajstić information content (AvgIpc) is 3.59. The first-order chi connectivity index (χ1) is 24.3. The van der Waals surface area contributed by atoms with Crippen molar-refractivity contribution in [1.29, 1.82) is 0 Å². The third-order valence-corrected chi connectivity index (χ3v) is 16.3. The molecule has 1 N–H and O–H groups in total. The molecule has 0 aromatic carbocycles. The molecule has 0 bridgehead atoms. The van der Waals surface area contributed by atoms with E-state index in [2.05, 4.69) is 25.7 Å². The third kappa shape index (κ3) is 5.97. The molecule has 8 rings (SSSR count). The number of aliphatic hydroxyl groups is 1. The van der Waals surface area contributed by atoms with Crippen LogP contribution in [0.25, 0.3) is 0 Å². The largest absolute Gasteiger partial charge is 0.457 e. The van der Waals surface area contributed by atoms with Gasteiger partial charge in [-0.05, 0) is 144 Å². The highest BCUT2D eigenvalue weighted by molar-refractivity contribution is 5.69. The molecule has 3 heterocycles. The van der Waals surface area contributed by atoms with E-state index in [0.29, 0.717) is 54.3 Å². The minimum atomic E-state index is -1.15. The fourth-order valence-electron chi connectivity index (χ4n) is 14.0. The molecule has 5 aliphatic carbocycles. The molecule has 2 spiro atoms. The molecule has 12 atom stereocenters. The molecule has 10 heteroatoms. The highest BCUT2D eigenvalue weighted by atomic mass is 16.7. The quantitative estimate of drug-likeness (QED) is 0.305. The first-order valence-corrected chi connectivity index (χ1v) is 20.8. The molecule has 0 radical (unpaired) electrons. The van der Waals surface area contributed by atoms with E-state index in [9.17, 15) is 14.7 Å². The predicted molar refractivity (Wildman–Crippen MR) is 195 cm³/mol. The van der Waals surface area contributed by atoms with Gasteiger partial charge in [0.05, 0.1) is 37.1 Å².